The van der Waals surface area contributed by atoms with Crippen LogP contribution in [-0.4, -0.2) is 31.9 Å². The Bertz CT molecular complexity index is 175. The molecule has 0 heterocycles. The van der Waals surface area contributed by atoms with E-state index in [0.717, 1.165) is 0 Å². The Morgan fingerprint density at radius 2 is 2.10 bits per heavy atom. The Morgan fingerprint density at radius 3 is 2.40 bits per heavy atom. The van der Waals surface area contributed by atoms with Crippen LogP contribution in [0.1, 0.15) is 13.8 Å². The van der Waals surface area contributed by atoms with Gasteiger partial charge in [-0.3, -0.25) is 0 Å². The third-order valence-electron chi connectivity index (χ3n) is 1.03. The maximum Gasteiger partial charge on any atom is 0.211 e. The molecule has 0 aliphatic carbocycles. The lowest BCUT2D eigenvalue weighted by Gasteiger charge is -2.08. The van der Waals surface area contributed by atoms with Gasteiger partial charge in [-0.15, -0.1) is 0 Å². The summed E-state index contributed by atoms with van der Waals surface area (Å²) in [6.07, 6.45) is 0. The third-order valence-corrected chi connectivity index (χ3v) is 2.56. The van der Waals surface area contributed by atoms with Crippen LogP contribution in [0.4, 0.5) is 0 Å². The number of hydrogen-bond acceptors (Lipinski definition) is 3. The summed E-state index contributed by atoms with van der Waals surface area (Å²) in [6.45, 7) is 2.98. The van der Waals surface area contributed by atoms with Crippen LogP contribution in [0.2, 0.25) is 0 Å². The zero-order chi connectivity index (χ0) is 8.20. The molecule has 62 valence electrons. The number of nitrogens with one attached hydrogen (secondary N) is 1. The van der Waals surface area contributed by atoms with Gasteiger partial charge in [0.1, 0.15) is 0 Å². The molecule has 1 unspecified atom stereocenters. The fraction of sp³-hybridized carbons (Fsp3) is 1.00. The van der Waals surface area contributed by atoms with Crippen molar-refractivity contribution in [2.24, 2.45) is 0 Å². The minimum atomic E-state index is -3.14. The molecule has 0 aliphatic heterocycles. The molecule has 0 saturated carbocycles. The second-order valence-electron chi connectivity index (χ2n) is 2.10. The molecule has 0 radical (unpaired) electrons. The van der Waals surface area contributed by atoms with Crippen molar-refractivity contribution < 1.29 is 13.5 Å². The molecule has 0 amide bonds. The average Bonchev–Trinajstić information content (AvgIpc) is 1.87. The molecule has 0 aromatic carbocycles. The van der Waals surface area contributed by atoms with Gasteiger partial charge in [0.15, 0.2) is 0 Å². The molecule has 0 aromatic rings. The normalized spacial score (nSPS) is 15.1. The Kier molecular flexibility index (Phi) is 3.85. The summed E-state index contributed by atoms with van der Waals surface area (Å²) in [6, 6.07) is -0.384. The van der Waals surface area contributed by atoms with Crippen LogP contribution in [0.25, 0.3) is 0 Å². The molecule has 0 saturated heterocycles. The van der Waals surface area contributed by atoms with Crippen molar-refractivity contribution in [2.45, 2.75) is 19.9 Å². The highest BCUT2D eigenvalue weighted by Crippen LogP contribution is 1.86. The summed E-state index contributed by atoms with van der Waals surface area (Å²) < 4.78 is 23.8. The molecule has 0 rings (SSSR count). The number of hydrogen-bond donors (Lipinski definition) is 2. The van der Waals surface area contributed by atoms with Gasteiger partial charge in [-0.05, 0) is 13.8 Å². The second-order valence-corrected chi connectivity index (χ2v) is 4.15. The maximum absolute atomic E-state index is 10.7. The molecule has 10 heavy (non-hydrogen) atoms. The minimum absolute atomic E-state index is 0.0529. The molecule has 0 bridgehead atoms. The van der Waals surface area contributed by atoms with Crippen LogP contribution >= 0.6 is 0 Å². The SMILES string of the molecule is CCS(=O)(=O)NC(C)CO. The predicted octanol–water partition coefficient (Wildman–Crippen LogP) is -0.694. The number of aliphatic hydroxyl groups is 1. The lowest BCUT2D eigenvalue weighted by atomic mass is 10.4. The highest BCUT2D eigenvalue weighted by Gasteiger charge is 2.09. The lowest BCUT2D eigenvalue weighted by Crippen LogP contribution is -2.35. The summed E-state index contributed by atoms with van der Waals surface area (Å²) in [5.74, 6) is 0.0529. The number of rotatable bonds is 4. The molecule has 0 fully saturated rings. The zero-order valence-electron chi connectivity index (χ0n) is 6.16. The lowest BCUT2D eigenvalue weighted by molar-refractivity contribution is 0.265. The van der Waals surface area contributed by atoms with Gasteiger partial charge in [-0.25, -0.2) is 13.1 Å². The Balaban J connectivity index is 3.90. The van der Waals surface area contributed by atoms with Crippen molar-refractivity contribution in [3.63, 3.8) is 0 Å². The van der Waals surface area contributed by atoms with E-state index < -0.39 is 10.0 Å². The largest absolute Gasteiger partial charge is 0.395 e. The summed E-state index contributed by atoms with van der Waals surface area (Å²) in [4.78, 5) is 0. The Morgan fingerprint density at radius 1 is 1.60 bits per heavy atom. The second kappa shape index (κ2) is 3.90. The summed E-state index contributed by atoms with van der Waals surface area (Å²) in [7, 11) is -3.14. The van der Waals surface area contributed by atoms with Crippen molar-refractivity contribution >= 4 is 10.0 Å². The average molecular weight is 167 g/mol. The van der Waals surface area contributed by atoms with Crippen molar-refractivity contribution in [3.05, 3.63) is 0 Å². The summed E-state index contributed by atoms with van der Waals surface area (Å²) in [5.41, 5.74) is 0. The van der Waals surface area contributed by atoms with Gasteiger partial charge in [-0.2, -0.15) is 0 Å². The van der Waals surface area contributed by atoms with E-state index in [0.29, 0.717) is 0 Å². The first-order chi connectivity index (χ1) is 4.52. The molecule has 5 heteroatoms. The smallest absolute Gasteiger partial charge is 0.211 e. The van der Waals surface area contributed by atoms with Crippen LogP contribution < -0.4 is 4.72 Å². The van der Waals surface area contributed by atoms with E-state index in [9.17, 15) is 8.42 Å². The maximum atomic E-state index is 10.7. The predicted molar refractivity (Wildman–Crippen MR) is 39.1 cm³/mol. The van der Waals surface area contributed by atoms with Crippen molar-refractivity contribution in [2.75, 3.05) is 12.4 Å². The third kappa shape index (κ3) is 3.81. The molecule has 0 aliphatic rings. The van der Waals surface area contributed by atoms with E-state index in [1.807, 2.05) is 0 Å². The minimum Gasteiger partial charge on any atom is -0.395 e. The van der Waals surface area contributed by atoms with Crippen LogP contribution in [0.3, 0.4) is 0 Å². The van der Waals surface area contributed by atoms with E-state index in [2.05, 4.69) is 4.72 Å². The molecule has 0 aromatic heterocycles. The van der Waals surface area contributed by atoms with Gasteiger partial charge in [0.05, 0.1) is 12.4 Å². The standard InChI is InChI=1S/C5H13NO3S/c1-3-10(8,9)6-5(2)4-7/h5-7H,3-4H2,1-2H3. The first-order valence-electron chi connectivity index (χ1n) is 3.12. The quantitative estimate of drug-likeness (QED) is 0.582. The van der Waals surface area contributed by atoms with Crippen LogP contribution in [0.5, 0.6) is 0 Å². The van der Waals surface area contributed by atoms with Gasteiger partial charge >= 0.3 is 0 Å². The Labute approximate surface area is 61.3 Å². The van der Waals surface area contributed by atoms with Gasteiger partial charge in [-0.1, -0.05) is 0 Å². The number of sulfonamides is 1. The van der Waals surface area contributed by atoms with E-state index in [-0.39, 0.29) is 18.4 Å². The van der Waals surface area contributed by atoms with Gasteiger partial charge in [0.25, 0.3) is 0 Å². The van der Waals surface area contributed by atoms with Crippen LogP contribution in [-0.2, 0) is 10.0 Å². The molecule has 0 spiro atoms. The molecule has 1 atom stereocenters. The number of aliphatic hydroxyl groups excluding tert-OH is 1. The first kappa shape index (κ1) is 9.87. The van der Waals surface area contributed by atoms with Crippen molar-refractivity contribution in [3.8, 4) is 0 Å². The summed E-state index contributed by atoms with van der Waals surface area (Å²) >= 11 is 0. The zero-order valence-corrected chi connectivity index (χ0v) is 6.98. The molecular weight excluding hydrogens is 154 g/mol. The monoisotopic (exact) mass is 167 g/mol. The fourth-order valence-corrected chi connectivity index (χ4v) is 1.28. The Hall–Kier alpha value is -0.130. The van der Waals surface area contributed by atoms with Gasteiger partial charge in [0.2, 0.25) is 10.0 Å². The molecular formula is C5H13NO3S. The fourth-order valence-electron chi connectivity index (χ4n) is 0.427. The van der Waals surface area contributed by atoms with E-state index in [1.54, 1.807) is 13.8 Å². The highest BCUT2D eigenvalue weighted by molar-refractivity contribution is 7.89. The first-order valence-corrected chi connectivity index (χ1v) is 4.78. The van der Waals surface area contributed by atoms with E-state index in [4.69, 9.17) is 5.11 Å². The highest BCUT2D eigenvalue weighted by atomic mass is 32.2. The molecule has 2 N–H and O–H groups in total. The van der Waals surface area contributed by atoms with Crippen molar-refractivity contribution in [1.82, 2.24) is 4.72 Å². The van der Waals surface area contributed by atoms with Crippen LogP contribution in [0, 0.1) is 0 Å². The van der Waals surface area contributed by atoms with E-state index >= 15 is 0 Å². The summed E-state index contributed by atoms with van der Waals surface area (Å²) in [5, 5.41) is 8.47. The van der Waals surface area contributed by atoms with Crippen LogP contribution in [0.15, 0.2) is 0 Å². The topological polar surface area (TPSA) is 66.4 Å². The van der Waals surface area contributed by atoms with E-state index in [1.165, 1.54) is 0 Å². The van der Waals surface area contributed by atoms with Gasteiger partial charge in [0, 0.05) is 6.04 Å². The van der Waals surface area contributed by atoms with Gasteiger partial charge < -0.3 is 5.11 Å². The van der Waals surface area contributed by atoms with Crippen molar-refractivity contribution in [1.29, 1.82) is 0 Å². The molecule has 4 nitrogen and oxygen atoms in total.